The standard InChI is InChI=1S/C8H15N3O3.C6H13N/c1-5(14-8(2,3)4)6(7(12)13)10-11-9;7-6-4-2-1-3-5-6/h5-6H,1-4H3,(H,12,13);6H,1-5,7H2/t5?,6-;/m1./s1. The number of hydrogen-bond donors (Lipinski definition) is 2. The Morgan fingerprint density at radius 3 is 2.19 bits per heavy atom. The third-order valence-electron chi connectivity index (χ3n) is 3.06. The van der Waals surface area contributed by atoms with Crippen molar-refractivity contribution >= 4 is 5.97 Å². The first-order valence-electron chi connectivity index (χ1n) is 7.37. The fourth-order valence-electron chi connectivity index (χ4n) is 2.16. The van der Waals surface area contributed by atoms with Crippen molar-refractivity contribution in [2.75, 3.05) is 0 Å². The molecule has 0 radical (unpaired) electrons. The van der Waals surface area contributed by atoms with E-state index < -0.39 is 23.7 Å². The number of rotatable bonds is 4. The van der Waals surface area contributed by atoms with Crippen molar-refractivity contribution in [3.05, 3.63) is 10.4 Å². The summed E-state index contributed by atoms with van der Waals surface area (Å²) < 4.78 is 5.37. The van der Waals surface area contributed by atoms with E-state index in [0.717, 1.165) is 0 Å². The fraction of sp³-hybridized carbons (Fsp3) is 0.929. The van der Waals surface area contributed by atoms with Gasteiger partial charge in [0, 0.05) is 11.0 Å². The lowest BCUT2D eigenvalue weighted by Gasteiger charge is -2.26. The van der Waals surface area contributed by atoms with Crippen molar-refractivity contribution < 1.29 is 14.6 Å². The number of hydrogen-bond acceptors (Lipinski definition) is 4. The first kappa shape index (κ1) is 19.7. The molecule has 1 unspecified atom stereocenters. The van der Waals surface area contributed by atoms with Crippen LogP contribution in [0, 0.1) is 0 Å². The predicted octanol–water partition coefficient (Wildman–Crippen LogP) is 3.23. The first-order valence-corrected chi connectivity index (χ1v) is 7.37. The van der Waals surface area contributed by atoms with Gasteiger partial charge in [0.15, 0.2) is 6.04 Å². The smallest absolute Gasteiger partial charge is 0.315 e. The van der Waals surface area contributed by atoms with E-state index in [2.05, 4.69) is 10.0 Å². The summed E-state index contributed by atoms with van der Waals surface area (Å²) in [6, 6.07) is -0.645. The van der Waals surface area contributed by atoms with Gasteiger partial charge in [-0.1, -0.05) is 24.4 Å². The van der Waals surface area contributed by atoms with E-state index in [-0.39, 0.29) is 0 Å². The lowest BCUT2D eigenvalue weighted by atomic mass is 9.97. The highest BCUT2D eigenvalue weighted by Crippen LogP contribution is 2.15. The van der Waals surface area contributed by atoms with Crippen LogP contribution in [0.25, 0.3) is 10.4 Å². The van der Waals surface area contributed by atoms with Gasteiger partial charge >= 0.3 is 5.97 Å². The van der Waals surface area contributed by atoms with Crippen LogP contribution in [0.4, 0.5) is 0 Å². The summed E-state index contributed by atoms with van der Waals surface area (Å²) in [6.45, 7) is 6.98. The number of ether oxygens (including phenoxy) is 1. The van der Waals surface area contributed by atoms with E-state index >= 15 is 0 Å². The molecule has 0 saturated heterocycles. The Balaban J connectivity index is 0.000000471. The Kier molecular flexibility index (Phi) is 9.01. The number of carboxylic acids is 1. The minimum absolute atomic E-state index is 0.460. The molecule has 3 N–H and O–H groups in total. The average molecular weight is 300 g/mol. The van der Waals surface area contributed by atoms with Crippen LogP contribution in [0.15, 0.2) is 5.11 Å². The number of nitrogens with two attached hydrogens (primary N) is 1. The minimum atomic E-state index is -1.18. The largest absolute Gasteiger partial charge is 0.481 e. The monoisotopic (exact) mass is 300 g/mol. The lowest BCUT2D eigenvalue weighted by Crippen LogP contribution is -2.37. The topological polar surface area (TPSA) is 121 Å². The summed E-state index contributed by atoms with van der Waals surface area (Å²) in [5.41, 5.74) is 13.3. The molecule has 0 aromatic rings. The van der Waals surface area contributed by atoms with Crippen molar-refractivity contribution in [3.63, 3.8) is 0 Å². The molecule has 0 amide bonds. The van der Waals surface area contributed by atoms with Gasteiger partial charge in [0.05, 0.1) is 11.7 Å². The van der Waals surface area contributed by atoms with E-state index in [1.807, 2.05) is 0 Å². The number of azide groups is 1. The van der Waals surface area contributed by atoms with Crippen LogP contribution < -0.4 is 5.73 Å². The van der Waals surface area contributed by atoms with Crippen LogP contribution in [0.5, 0.6) is 0 Å². The highest BCUT2D eigenvalue weighted by molar-refractivity contribution is 5.74. The van der Waals surface area contributed by atoms with Crippen LogP contribution in [0.2, 0.25) is 0 Å². The maximum atomic E-state index is 10.7. The molecule has 0 bridgehead atoms. The fourth-order valence-corrected chi connectivity index (χ4v) is 2.16. The summed E-state index contributed by atoms with van der Waals surface area (Å²) in [4.78, 5) is 13.1. The van der Waals surface area contributed by atoms with Crippen LogP contribution in [-0.2, 0) is 9.53 Å². The van der Waals surface area contributed by atoms with Gasteiger partial charge in [-0.3, -0.25) is 4.79 Å². The minimum Gasteiger partial charge on any atom is -0.481 e. The number of carbonyl (C=O) groups is 1. The van der Waals surface area contributed by atoms with Crippen LogP contribution in [0.3, 0.4) is 0 Å². The first-order chi connectivity index (χ1) is 9.67. The highest BCUT2D eigenvalue weighted by atomic mass is 16.5. The van der Waals surface area contributed by atoms with Gasteiger partial charge in [-0.15, -0.1) is 0 Å². The molecule has 2 atom stereocenters. The number of carboxylic acid groups (broad SMARTS) is 1. The SMILES string of the molecule is CC(OC(C)(C)C)[C@@H](N=[N+]=[N-])C(=O)O.NC1CCCCC1. The van der Waals surface area contributed by atoms with Gasteiger partial charge in [-0.25, -0.2) is 0 Å². The van der Waals surface area contributed by atoms with E-state index in [1.165, 1.54) is 32.1 Å². The second-order valence-corrected chi connectivity index (χ2v) is 6.32. The van der Waals surface area contributed by atoms with Gasteiger partial charge in [0.2, 0.25) is 0 Å². The van der Waals surface area contributed by atoms with Gasteiger partial charge in [-0.2, -0.15) is 0 Å². The van der Waals surface area contributed by atoms with Gasteiger partial charge in [0.25, 0.3) is 0 Å². The summed E-state index contributed by atoms with van der Waals surface area (Å²) >= 11 is 0. The zero-order valence-corrected chi connectivity index (χ0v) is 13.5. The van der Waals surface area contributed by atoms with E-state index in [1.54, 1.807) is 27.7 Å². The van der Waals surface area contributed by atoms with Crippen molar-refractivity contribution in [2.24, 2.45) is 10.8 Å². The third-order valence-corrected chi connectivity index (χ3v) is 3.06. The zero-order valence-electron chi connectivity index (χ0n) is 13.5. The summed E-state index contributed by atoms with van der Waals surface area (Å²) in [6.07, 6.45) is 6.01. The molecule has 7 nitrogen and oxygen atoms in total. The molecular weight excluding hydrogens is 272 g/mol. The Hall–Kier alpha value is -1.30. The van der Waals surface area contributed by atoms with Crippen molar-refractivity contribution in [2.45, 2.75) is 83.6 Å². The van der Waals surface area contributed by atoms with E-state index in [9.17, 15) is 4.79 Å². The molecule has 0 aliphatic heterocycles. The molecule has 21 heavy (non-hydrogen) atoms. The quantitative estimate of drug-likeness (QED) is 0.470. The lowest BCUT2D eigenvalue weighted by molar-refractivity contribution is -0.145. The Morgan fingerprint density at radius 2 is 1.90 bits per heavy atom. The van der Waals surface area contributed by atoms with Gasteiger partial charge in [0.1, 0.15) is 0 Å². The molecule has 0 aromatic heterocycles. The van der Waals surface area contributed by atoms with Crippen molar-refractivity contribution in [3.8, 4) is 0 Å². The number of nitrogens with zero attached hydrogens (tertiary/aromatic N) is 3. The molecule has 122 valence electrons. The maximum Gasteiger partial charge on any atom is 0.315 e. The predicted molar refractivity (Wildman–Crippen MR) is 81.9 cm³/mol. The molecule has 0 aromatic carbocycles. The molecule has 0 heterocycles. The normalized spacial score (nSPS) is 18.7. The summed E-state index contributed by atoms with van der Waals surface area (Å²) in [5, 5.41) is 11.9. The molecule has 1 fully saturated rings. The van der Waals surface area contributed by atoms with Crippen LogP contribution >= 0.6 is 0 Å². The Labute approximate surface area is 126 Å². The van der Waals surface area contributed by atoms with E-state index in [4.69, 9.17) is 21.1 Å². The second kappa shape index (κ2) is 9.60. The third kappa shape index (κ3) is 10.1. The van der Waals surface area contributed by atoms with Gasteiger partial charge in [-0.05, 0) is 46.1 Å². The molecule has 0 spiro atoms. The molecule has 1 rings (SSSR count). The highest BCUT2D eigenvalue weighted by Gasteiger charge is 2.27. The Morgan fingerprint density at radius 1 is 1.38 bits per heavy atom. The number of aliphatic carboxylic acids is 1. The van der Waals surface area contributed by atoms with Crippen molar-refractivity contribution in [1.82, 2.24) is 0 Å². The summed E-state index contributed by atoms with van der Waals surface area (Å²) in [7, 11) is 0. The average Bonchev–Trinajstić information content (AvgIpc) is 2.35. The molecule has 1 aliphatic rings. The molecule has 7 heteroatoms. The molecule has 1 aliphatic carbocycles. The van der Waals surface area contributed by atoms with Crippen LogP contribution in [-0.4, -0.2) is 34.9 Å². The molecule has 1 saturated carbocycles. The second-order valence-electron chi connectivity index (χ2n) is 6.32. The Bertz CT molecular complexity index is 354. The van der Waals surface area contributed by atoms with E-state index in [0.29, 0.717) is 6.04 Å². The van der Waals surface area contributed by atoms with Crippen LogP contribution in [0.1, 0.15) is 59.8 Å². The zero-order chi connectivity index (χ0) is 16.5. The van der Waals surface area contributed by atoms with Crippen molar-refractivity contribution in [1.29, 1.82) is 0 Å². The molecular formula is C14H28N4O3. The van der Waals surface area contributed by atoms with Gasteiger partial charge < -0.3 is 15.6 Å². The summed E-state index contributed by atoms with van der Waals surface area (Å²) in [5.74, 6) is -1.18. The maximum absolute atomic E-state index is 10.7.